The van der Waals surface area contributed by atoms with Crippen molar-refractivity contribution in [1.82, 2.24) is 5.32 Å². The Bertz CT molecular complexity index is 552. The van der Waals surface area contributed by atoms with Crippen molar-refractivity contribution >= 4 is 9.84 Å². The number of sulfone groups is 1. The lowest BCUT2D eigenvalue weighted by molar-refractivity contribution is 0.226. The highest BCUT2D eigenvalue weighted by molar-refractivity contribution is 7.92. The third-order valence-corrected chi connectivity index (χ3v) is 5.81. The van der Waals surface area contributed by atoms with Gasteiger partial charge in [-0.1, -0.05) is 18.2 Å². The quantitative estimate of drug-likeness (QED) is 0.912. The summed E-state index contributed by atoms with van der Waals surface area (Å²) in [6.07, 6.45) is 3.32. The van der Waals surface area contributed by atoms with E-state index in [4.69, 9.17) is 4.74 Å². The fourth-order valence-corrected chi connectivity index (χ4v) is 4.13. The lowest BCUT2D eigenvalue weighted by atomic mass is 9.92. The van der Waals surface area contributed by atoms with E-state index < -0.39 is 9.84 Å². The molecule has 2 saturated heterocycles. The van der Waals surface area contributed by atoms with E-state index in [1.165, 1.54) is 18.4 Å². The molecular weight excluding hydrogens is 274 g/mol. The zero-order valence-electron chi connectivity index (χ0n) is 11.5. The molecule has 5 heteroatoms. The predicted molar refractivity (Wildman–Crippen MR) is 78.8 cm³/mol. The smallest absolute Gasteiger partial charge is 0.157 e. The third kappa shape index (κ3) is 3.33. The van der Waals surface area contributed by atoms with Crippen molar-refractivity contribution in [3.8, 4) is 5.75 Å². The van der Waals surface area contributed by atoms with E-state index in [-0.39, 0.29) is 17.6 Å². The monoisotopic (exact) mass is 295 g/mol. The molecule has 1 N–H and O–H groups in total. The number of nitrogens with one attached hydrogen (secondary N) is 1. The van der Waals surface area contributed by atoms with Crippen molar-refractivity contribution in [3.05, 3.63) is 29.8 Å². The van der Waals surface area contributed by atoms with Gasteiger partial charge in [0.15, 0.2) is 9.84 Å². The normalized spacial score (nSPS) is 25.9. The van der Waals surface area contributed by atoms with Gasteiger partial charge in [0.1, 0.15) is 11.9 Å². The average Bonchev–Trinajstić information content (AvgIpc) is 2.40. The van der Waals surface area contributed by atoms with Gasteiger partial charge in [0, 0.05) is 0 Å². The molecule has 0 saturated carbocycles. The van der Waals surface area contributed by atoms with Crippen molar-refractivity contribution in [2.75, 3.05) is 24.6 Å². The topological polar surface area (TPSA) is 55.4 Å². The van der Waals surface area contributed by atoms with Gasteiger partial charge in [0.05, 0.1) is 11.5 Å². The van der Waals surface area contributed by atoms with E-state index in [1.807, 2.05) is 18.2 Å². The zero-order chi connectivity index (χ0) is 14.0. The second kappa shape index (κ2) is 5.74. The Hall–Kier alpha value is -1.07. The first-order valence-electron chi connectivity index (χ1n) is 7.28. The van der Waals surface area contributed by atoms with Crippen LogP contribution in [-0.4, -0.2) is 39.1 Å². The molecule has 3 rings (SSSR count). The Labute approximate surface area is 120 Å². The molecule has 110 valence electrons. The minimum Gasteiger partial charge on any atom is -0.488 e. The first-order chi connectivity index (χ1) is 9.62. The van der Waals surface area contributed by atoms with Crippen molar-refractivity contribution in [2.24, 2.45) is 5.92 Å². The maximum atomic E-state index is 11.2. The number of ether oxygens (including phenoxy) is 1. The minimum atomic E-state index is -2.83. The van der Waals surface area contributed by atoms with Crippen molar-refractivity contribution in [1.29, 1.82) is 0 Å². The van der Waals surface area contributed by atoms with E-state index in [0.29, 0.717) is 5.92 Å². The van der Waals surface area contributed by atoms with Crippen LogP contribution in [0.5, 0.6) is 5.75 Å². The summed E-state index contributed by atoms with van der Waals surface area (Å²) in [5, 5.41) is 3.43. The average molecular weight is 295 g/mol. The third-order valence-electron chi connectivity index (χ3n) is 4.05. The van der Waals surface area contributed by atoms with E-state index in [9.17, 15) is 8.42 Å². The van der Waals surface area contributed by atoms with Gasteiger partial charge in [-0.2, -0.15) is 0 Å². The van der Waals surface area contributed by atoms with Crippen LogP contribution in [0.1, 0.15) is 18.4 Å². The lowest BCUT2D eigenvalue weighted by Crippen LogP contribution is -2.45. The Morgan fingerprint density at radius 2 is 2.05 bits per heavy atom. The molecule has 0 aromatic heterocycles. The van der Waals surface area contributed by atoms with E-state index in [0.717, 1.165) is 25.3 Å². The van der Waals surface area contributed by atoms with Crippen molar-refractivity contribution in [2.45, 2.75) is 25.4 Å². The van der Waals surface area contributed by atoms with Crippen LogP contribution in [0.4, 0.5) is 0 Å². The maximum absolute atomic E-state index is 11.2. The van der Waals surface area contributed by atoms with Gasteiger partial charge in [0.2, 0.25) is 0 Å². The van der Waals surface area contributed by atoms with Crippen LogP contribution in [0, 0.1) is 5.92 Å². The summed E-state index contributed by atoms with van der Waals surface area (Å²) in [7, 11) is -2.83. The van der Waals surface area contributed by atoms with Crippen LogP contribution in [-0.2, 0) is 16.3 Å². The van der Waals surface area contributed by atoms with Crippen LogP contribution in [0.15, 0.2) is 24.3 Å². The molecule has 2 heterocycles. The second-order valence-electron chi connectivity index (χ2n) is 5.84. The van der Waals surface area contributed by atoms with Crippen LogP contribution in [0.3, 0.4) is 0 Å². The molecule has 0 spiro atoms. The van der Waals surface area contributed by atoms with Crippen LogP contribution >= 0.6 is 0 Å². The molecule has 2 aliphatic heterocycles. The SMILES string of the molecule is O=S1(=O)CC(Oc2ccccc2CC2CCCNC2)C1. The standard InChI is InChI=1S/C15H21NO3S/c17-20(18)10-14(11-20)19-15-6-2-1-5-13(15)8-12-4-3-7-16-9-12/h1-2,5-6,12,14,16H,3-4,7-11H2. The van der Waals surface area contributed by atoms with Crippen molar-refractivity contribution < 1.29 is 13.2 Å². The van der Waals surface area contributed by atoms with Crippen LogP contribution < -0.4 is 10.1 Å². The number of rotatable bonds is 4. The number of para-hydroxylation sites is 1. The molecule has 20 heavy (non-hydrogen) atoms. The zero-order valence-corrected chi connectivity index (χ0v) is 12.4. The van der Waals surface area contributed by atoms with Gasteiger partial charge in [-0.25, -0.2) is 8.42 Å². The van der Waals surface area contributed by atoms with Crippen molar-refractivity contribution in [3.63, 3.8) is 0 Å². The Morgan fingerprint density at radius 1 is 1.25 bits per heavy atom. The maximum Gasteiger partial charge on any atom is 0.157 e. The summed E-state index contributed by atoms with van der Waals surface area (Å²) in [5.41, 5.74) is 1.20. The van der Waals surface area contributed by atoms with Gasteiger partial charge in [-0.3, -0.25) is 0 Å². The molecule has 1 aromatic rings. The van der Waals surface area contributed by atoms with Crippen LogP contribution in [0.25, 0.3) is 0 Å². The largest absolute Gasteiger partial charge is 0.488 e. The van der Waals surface area contributed by atoms with Gasteiger partial charge < -0.3 is 10.1 Å². The summed E-state index contributed by atoms with van der Waals surface area (Å²) < 4.78 is 28.3. The Kier molecular flexibility index (Phi) is 3.98. The van der Waals surface area contributed by atoms with E-state index >= 15 is 0 Å². The molecule has 2 fully saturated rings. The molecule has 0 aliphatic carbocycles. The Morgan fingerprint density at radius 3 is 2.75 bits per heavy atom. The number of benzene rings is 1. The molecule has 1 aromatic carbocycles. The van der Waals surface area contributed by atoms with E-state index in [1.54, 1.807) is 0 Å². The predicted octanol–water partition coefficient (Wildman–Crippen LogP) is 1.40. The molecule has 4 nitrogen and oxygen atoms in total. The fourth-order valence-electron chi connectivity index (χ4n) is 2.96. The molecule has 0 bridgehead atoms. The highest BCUT2D eigenvalue weighted by Crippen LogP contribution is 2.27. The fraction of sp³-hybridized carbons (Fsp3) is 0.600. The first-order valence-corrected chi connectivity index (χ1v) is 9.10. The summed E-state index contributed by atoms with van der Waals surface area (Å²) in [6, 6.07) is 8.02. The highest BCUT2D eigenvalue weighted by atomic mass is 32.2. The van der Waals surface area contributed by atoms with Gasteiger partial charge in [-0.15, -0.1) is 0 Å². The minimum absolute atomic E-state index is 0.159. The molecular formula is C15H21NO3S. The summed E-state index contributed by atoms with van der Waals surface area (Å²) in [5.74, 6) is 1.83. The second-order valence-corrected chi connectivity index (χ2v) is 7.99. The molecule has 1 unspecified atom stereocenters. The van der Waals surface area contributed by atoms with E-state index in [2.05, 4.69) is 11.4 Å². The lowest BCUT2D eigenvalue weighted by Gasteiger charge is -2.28. The molecule has 0 amide bonds. The summed E-state index contributed by atoms with van der Waals surface area (Å²) in [4.78, 5) is 0. The highest BCUT2D eigenvalue weighted by Gasteiger charge is 2.35. The number of piperidine rings is 1. The van der Waals surface area contributed by atoms with Gasteiger partial charge in [0.25, 0.3) is 0 Å². The first kappa shape index (κ1) is 13.9. The summed E-state index contributed by atoms with van der Waals surface area (Å²) >= 11 is 0. The van der Waals surface area contributed by atoms with Gasteiger partial charge in [-0.05, 0) is 49.9 Å². The van der Waals surface area contributed by atoms with Gasteiger partial charge >= 0.3 is 0 Å². The number of hydrogen-bond donors (Lipinski definition) is 1. The number of hydrogen-bond acceptors (Lipinski definition) is 4. The van der Waals surface area contributed by atoms with Crippen LogP contribution in [0.2, 0.25) is 0 Å². The summed E-state index contributed by atoms with van der Waals surface area (Å²) in [6.45, 7) is 2.18. The molecule has 0 radical (unpaired) electrons. The molecule has 2 aliphatic rings. The molecule has 1 atom stereocenters. The Balaban J connectivity index is 1.65.